The first kappa shape index (κ1) is 16.1. The Balaban J connectivity index is 2.54. The highest BCUT2D eigenvalue weighted by molar-refractivity contribution is 5.86. The summed E-state index contributed by atoms with van der Waals surface area (Å²) in [5.41, 5.74) is 0.562. The minimum absolute atomic E-state index is 0.266. The van der Waals surface area contributed by atoms with E-state index in [2.05, 4.69) is 0 Å². The quantitative estimate of drug-likeness (QED) is 0.832. The first-order chi connectivity index (χ1) is 9.33. The van der Waals surface area contributed by atoms with E-state index in [9.17, 15) is 18.0 Å². The maximum absolute atomic E-state index is 12.0. The lowest BCUT2D eigenvalue weighted by Crippen LogP contribution is -2.26. The molecule has 0 saturated carbocycles. The van der Waals surface area contributed by atoms with Gasteiger partial charge in [-0.05, 0) is 31.2 Å². The van der Waals surface area contributed by atoms with Crippen molar-refractivity contribution in [2.45, 2.75) is 19.5 Å². The predicted octanol–water partition coefficient (Wildman–Crippen LogP) is 3.61. The minimum Gasteiger partial charge on any atom is -0.493 e. The monoisotopic (exact) mass is 291 g/mol. The summed E-state index contributed by atoms with van der Waals surface area (Å²) in [6.45, 7) is 1.53. The molecule has 1 aromatic carbocycles. The molecule has 0 aliphatic rings. The van der Waals surface area contributed by atoms with E-state index in [1.165, 1.54) is 24.1 Å². The fourth-order valence-electron chi connectivity index (χ4n) is 1.38. The first-order valence-corrected chi connectivity index (χ1v) is 6.03. The van der Waals surface area contributed by atoms with Crippen LogP contribution in [0, 0.1) is 0 Å². The molecule has 0 aliphatic carbocycles. The van der Waals surface area contributed by atoms with Crippen LogP contribution >= 0.6 is 0 Å². The number of hydrogen-bond donors (Lipinski definition) is 0. The molecule has 0 radical (unpaired) electrons. The molecule has 4 nitrogen and oxygen atoms in total. The third-order valence-electron chi connectivity index (χ3n) is 2.42. The maximum atomic E-state index is 12.0. The molecule has 1 aromatic rings. The van der Waals surface area contributed by atoms with Gasteiger partial charge in [-0.15, -0.1) is 0 Å². The zero-order valence-electron chi connectivity index (χ0n) is 11.2. The van der Waals surface area contributed by atoms with Gasteiger partial charge < -0.3 is 9.47 Å². The summed E-state index contributed by atoms with van der Waals surface area (Å²) < 4.78 is 45.6. The van der Waals surface area contributed by atoms with Crippen LogP contribution in [0.15, 0.2) is 24.3 Å². The van der Waals surface area contributed by atoms with Crippen LogP contribution in [-0.4, -0.2) is 32.5 Å². The van der Waals surface area contributed by atoms with Crippen LogP contribution in [0.3, 0.4) is 0 Å². The average molecular weight is 291 g/mol. The lowest BCUT2D eigenvalue weighted by Gasteiger charge is -2.17. The van der Waals surface area contributed by atoms with Crippen molar-refractivity contribution in [3.05, 3.63) is 24.3 Å². The molecule has 1 amide bonds. The summed E-state index contributed by atoms with van der Waals surface area (Å²) in [4.78, 5) is 12.8. The zero-order chi connectivity index (χ0) is 15.2. The van der Waals surface area contributed by atoms with Crippen molar-refractivity contribution in [3.8, 4) is 5.75 Å². The second-order valence-electron chi connectivity index (χ2n) is 3.97. The van der Waals surface area contributed by atoms with Gasteiger partial charge in [0.15, 0.2) is 0 Å². The number of amides is 1. The second-order valence-corrected chi connectivity index (χ2v) is 3.97. The van der Waals surface area contributed by atoms with Gasteiger partial charge in [-0.3, -0.25) is 4.90 Å². The van der Waals surface area contributed by atoms with Gasteiger partial charge in [-0.1, -0.05) is 0 Å². The molecular formula is C13H16F3NO3. The first-order valence-electron chi connectivity index (χ1n) is 6.03. The van der Waals surface area contributed by atoms with Crippen LogP contribution in [0.1, 0.15) is 13.3 Å². The highest BCUT2D eigenvalue weighted by Gasteiger charge is 2.26. The second kappa shape index (κ2) is 7.02. The molecule has 0 aromatic heterocycles. The molecule has 7 heteroatoms. The Morgan fingerprint density at radius 3 is 2.35 bits per heavy atom. The number of halogens is 3. The van der Waals surface area contributed by atoms with Crippen LogP contribution in [0.2, 0.25) is 0 Å². The maximum Gasteiger partial charge on any atom is 0.413 e. The van der Waals surface area contributed by atoms with Gasteiger partial charge in [0.25, 0.3) is 0 Å². The molecule has 0 bridgehead atoms. The van der Waals surface area contributed by atoms with E-state index in [0.29, 0.717) is 11.4 Å². The number of ether oxygens (including phenoxy) is 2. The van der Waals surface area contributed by atoms with Gasteiger partial charge in [0.05, 0.1) is 19.6 Å². The molecular weight excluding hydrogens is 275 g/mol. The molecule has 0 fully saturated rings. The van der Waals surface area contributed by atoms with Gasteiger partial charge in [-0.2, -0.15) is 13.2 Å². The normalized spacial score (nSPS) is 11.1. The van der Waals surface area contributed by atoms with Gasteiger partial charge in [0.1, 0.15) is 5.75 Å². The molecule has 0 unspecified atom stereocenters. The largest absolute Gasteiger partial charge is 0.493 e. The van der Waals surface area contributed by atoms with Crippen molar-refractivity contribution >= 4 is 11.8 Å². The van der Waals surface area contributed by atoms with E-state index < -0.39 is 25.3 Å². The third-order valence-corrected chi connectivity index (χ3v) is 2.42. The number of benzene rings is 1. The standard InChI is InChI=1S/C13H16F3NO3/c1-3-19-12(18)17(2)10-4-6-11(7-5-10)20-9-8-13(14,15)16/h4-7H,3,8-9H2,1-2H3. The van der Waals surface area contributed by atoms with Crippen LogP contribution in [0.4, 0.5) is 23.7 Å². The number of alkyl halides is 3. The zero-order valence-corrected chi connectivity index (χ0v) is 11.2. The molecule has 0 atom stereocenters. The number of hydrogen-bond acceptors (Lipinski definition) is 3. The summed E-state index contributed by atoms with van der Waals surface area (Å²) in [5, 5.41) is 0. The lowest BCUT2D eigenvalue weighted by molar-refractivity contribution is -0.139. The predicted molar refractivity (Wildman–Crippen MR) is 68.0 cm³/mol. The number of carbonyl (C=O) groups is 1. The van der Waals surface area contributed by atoms with Crippen LogP contribution in [0.25, 0.3) is 0 Å². The van der Waals surface area contributed by atoms with Crippen molar-refractivity contribution < 1.29 is 27.4 Å². The van der Waals surface area contributed by atoms with E-state index in [1.807, 2.05) is 0 Å². The van der Waals surface area contributed by atoms with Crippen molar-refractivity contribution in [3.63, 3.8) is 0 Å². The minimum atomic E-state index is -4.23. The van der Waals surface area contributed by atoms with E-state index in [1.54, 1.807) is 19.1 Å². The number of nitrogens with zero attached hydrogens (tertiary/aromatic N) is 1. The fourth-order valence-corrected chi connectivity index (χ4v) is 1.38. The Hall–Kier alpha value is -1.92. The molecule has 0 heterocycles. The topological polar surface area (TPSA) is 38.8 Å². The number of anilines is 1. The van der Waals surface area contributed by atoms with Crippen molar-refractivity contribution in [1.82, 2.24) is 0 Å². The van der Waals surface area contributed by atoms with Gasteiger partial charge in [0, 0.05) is 12.7 Å². The van der Waals surface area contributed by atoms with Gasteiger partial charge >= 0.3 is 12.3 Å². The van der Waals surface area contributed by atoms with Crippen LogP contribution in [0.5, 0.6) is 5.75 Å². The SMILES string of the molecule is CCOC(=O)N(C)c1ccc(OCCC(F)(F)F)cc1. The number of carbonyl (C=O) groups excluding carboxylic acids is 1. The Bertz CT molecular complexity index is 431. The van der Waals surface area contributed by atoms with Gasteiger partial charge in [-0.25, -0.2) is 4.79 Å². The van der Waals surface area contributed by atoms with E-state index in [-0.39, 0.29) is 6.61 Å². The van der Waals surface area contributed by atoms with Crippen molar-refractivity contribution in [2.75, 3.05) is 25.2 Å². The van der Waals surface area contributed by atoms with Crippen molar-refractivity contribution in [2.24, 2.45) is 0 Å². The molecule has 0 saturated heterocycles. The van der Waals surface area contributed by atoms with Crippen LogP contribution in [-0.2, 0) is 4.74 Å². The third kappa shape index (κ3) is 5.38. The molecule has 1 rings (SSSR count). The molecule has 0 N–H and O–H groups in total. The summed E-state index contributed by atoms with van der Waals surface area (Å²) in [6.07, 6.45) is -5.74. The molecule has 0 spiro atoms. The lowest BCUT2D eigenvalue weighted by atomic mass is 10.3. The summed E-state index contributed by atoms with van der Waals surface area (Å²) in [5.74, 6) is 0.315. The Kier molecular flexibility index (Phi) is 5.66. The highest BCUT2D eigenvalue weighted by atomic mass is 19.4. The summed E-state index contributed by atoms with van der Waals surface area (Å²) in [6, 6.07) is 6.14. The Morgan fingerprint density at radius 1 is 1.25 bits per heavy atom. The van der Waals surface area contributed by atoms with Crippen molar-refractivity contribution in [1.29, 1.82) is 0 Å². The smallest absolute Gasteiger partial charge is 0.413 e. The summed E-state index contributed by atoms with van der Waals surface area (Å²) >= 11 is 0. The van der Waals surface area contributed by atoms with E-state index in [0.717, 1.165) is 0 Å². The molecule has 20 heavy (non-hydrogen) atoms. The average Bonchev–Trinajstić information content (AvgIpc) is 2.37. The molecule has 0 aliphatic heterocycles. The Morgan fingerprint density at radius 2 is 1.85 bits per heavy atom. The van der Waals surface area contributed by atoms with Crippen LogP contribution < -0.4 is 9.64 Å². The Labute approximate surface area is 115 Å². The number of rotatable bonds is 5. The summed E-state index contributed by atoms with van der Waals surface area (Å²) in [7, 11) is 1.54. The van der Waals surface area contributed by atoms with Gasteiger partial charge in [0.2, 0.25) is 0 Å². The van der Waals surface area contributed by atoms with E-state index in [4.69, 9.17) is 9.47 Å². The molecule has 112 valence electrons. The van der Waals surface area contributed by atoms with E-state index >= 15 is 0 Å². The fraction of sp³-hybridized carbons (Fsp3) is 0.462. The highest BCUT2D eigenvalue weighted by Crippen LogP contribution is 2.22.